The molecule has 0 unspecified atom stereocenters. The van der Waals surface area contributed by atoms with E-state index in [4.69, 9.17) is 58.6 Å². The van der Waals surface area contributed by atoms with Crippen molar-refractivity contribution in [1.82, 2.24) is 19.5 Å². The fourth-order valence-corrected chi connectivity index (χ4v) is 7.62. The van der Waals surface area contributed by atoms with Crippen molar-refractivity contribution in [3.63, 3.8) is 0 Å². The molecule has 5 nitrogen and oxygen atoms in total. The van der Waals surface area contributed by atoms with E-state index in [-0.39, 0.29) is 27.3 Å². The van der Waals surface area contributed by atoms with Gasteiger partial charge in [0.15, 0.2) is 11.6 Å². The number of furan rings is 1. The maximum absolute atomic E-state index is 6.62. The third-order valence-corrected chi connectivity index (χ3v) is 10.4. The van der Waals surface area contributed by atoms with Gasteiger partial charge in [-0.15, -0.1) is 16.4 Å². The number of hydrogen-bond acceptors (Lipinski definition) is 4. The summed E-state index contributed by atoms with van der Waals surface area (Å²) in [6.45, 7) is 0. The van der Waals surface area contributed by atoms with Gasteiger partial charge in [-0.2, -0.15) is 9.97 Å². The van der Waals surface area contributed by atoms with E-state index in [0.29, 0.717) is 23.2 Å². The molecule has 3 aromatic heterocycles. The van der Waals surface area contributed by atoms with Crippen molar-refractivity contribution in [1.29, 1.82) is 0 Å². The average molecular weight is 690 g/mol. The van der Waals surface area contributed by atoms with Crippen molar-refractivity contribution < 1.29 is 4.42 Å². The van der Waals surface area contributed by atoms with Gasteiger partial charge in [-0.1, -0.05) is 114 Å². The van der Waals surface area contributed by atoms with Crippen LogP contribution in [0.5, 0.6) is 0 Å². The highest BCUT2D eigenvalue weighted by atomic mass is 16.3. The van der Waals surface area contributed by atoms with Crippen molar-refractivity contribution >= 4 is 110 Å². The van der Waals surface area contributed by atoms with E-state index < -0.39 is 0 Å². The van der Waals surface area contributed by atoms with Crippen LogP contribution in [0.1, 0.15) is 0 Å². The molecule has 0 aliphatic heterocycles. The molecule has 244 valence electrons. The first kappa shape index (κ1) is 33.1. The molecule has 0 aliphatic carbocycles. The van der Waals surface area contributed by atoms with Crippen molar-refractivity contribution in [2.45, 2.75) is 0 Å². The zero-order chi connectivity index (χ0) is 37.4. The summed E-state index contributed by atoms with van der Waals surface area (Å²) in [5, 5.41) is 3.85. The first-order valence-electron chi connectivity index (χ1n) is 17.7. The van der Waals surface area contributed by atoms with Gasteiger partial charge in [0.25, 0.3) is 0 Å². The standard InChI is InChI=1S/C45H23B5N4O/c46-38-37(39(47)41(49)42(50)40(38)48)30-15-9-17-33-36(30)29-14-7-8-16-32(29)54(33)45-52-43(25-12-5-2-6-13-25)51-44(53-45)27-18-20-28-31-22-26(24-10-3-1-4-11-24)19-21-34(31)55-35(28)23-27/h1-23H. The SMILES string of the molecule is [B]c1c([B])c([B])c(-c2cccc3c2c2ccccc2n3-c2nc(-c3ccccc3)nc(-c3ccc4c(c3)oc3ccc(-c5ccccc5)cc34)n2)c([B])c1[B]. The van der Waals surface area contributed by atoms with Gasteiger partial charge < -0.3 is 4.42 Å². The van der Waals surface area contributed by atoms with Crippen LogP contribution in [0, 0.1) is 0 Å². The van der Waals surface area contributed by atoms with Crippen molar-refractivity contribution in [2.75, 3.05) is 0 Å². The van der Waals surface area contributed by atoms with Crippen LogP contribution in [-0.4, -0.2) is 58.8 Å². The van der Waals surface area contributed by atoms with Gasteiger partial charge in [0, 0.05) is 32.7 Å². The summed E-state index contributed by atoms with van der Waals surface area (Å²) in [5.41, 5.74) is 9.48. The number of nitrogens with zero attached hydrogens (tertiary/aromatic N) is 4. The molecule has 0 saturated heterocycles. The molecule has 0 atom stereocenters. The van der Waals surface area contributed by atoms with Gasteiger partial charge in [0.2, 0.25) is 5.95 Å². The predicted octanol–water partition coefficient (Wildman–Crippen LogP) is 5.51. The molecule has 0 N–H and O–H groups in total. The van der Waals surface area contributed by atoms with E-state index in [0.717, 1.165) is 71.6 Å². The Bertz CT molecular complexity index is 3130. The normalized spacial score (nSPS) is 11.6. The monoisotopic (exact) mass is 690 g/mol. The molecule has 0 aliphatic rings. The van der Waals surface area contributed by atoms with Gasteiger partial charge in [-0.25, -0.2) is 4.98 Å². The topological polar surface area (TPSA) is 56.7 Å². The molecule has 10 aromatic rings. The minimum Gasteiger partial charge on any atom is -0.456 e. The highest BCUT2D eigenvalue weighted by molar-refractivity contribution is 6.69. The Labute approximate surface area is 323 Å². The summed E-state index contributed by atoms with van der Waals surface area (Å²) in [4.78, 5) is 15.3. The summed E-state index contributed by atoms with van der Waals surface area (Å²) in [6.07, 6.45) is 0. The Morgan fingerprint density at radius 2 is 1.04 bits per heavy atom. The minimum atomic E-state index is 0.164. The van der Waals surface area contributed by atoms with Crippen LogP contribution in [0.2, 0.25) is 0 Å². The van der Waals surface area contributed by atoms with Crippen molar-refractivity contribution in [2.24, 2.45) is 0 Å². The van der Waals surface area contributed by atoms with E-state index in [1.54, 1.807) is 0 Å². The van der Waals surface area contributed by atoms with Gasteiger partial charge in [0.05, 0.1) is 11.0 Å². The van der Waals surface area contributed by atoms with Crippen LogP contribution in [0.3, 0.4) is 0 Å². The average Bonchev–Trinajstić information content (AvgIpc) is 3.78. The number of fused-ring (bicyclic) bond motifs is 6. The van der Waals surface area contributed by atoms with Gasteiger partial charge in [0.1, 0.15) is 50.4 Å². The Balaban J connectivity index is 1.20. The Kier molecular flexibility index (Phi) is 7.70. The quantitative estimate of drug-likeness (QED) is 0.224. The summed E-state index contributed by atoms with van der Waals surface area (Å²) < 4.78 is 8.45. The second kappa shape index (κ2) is 12.8. The van der Waals surface area contributed by atoms with Gasteiger partial charge in [-0.3, -0.25) is 4.57 Å². The molecule has 3 heterocycles. The van der Waals surface area contributed by atoms with Crippen molar-refractivity contribution in [3.8, 4) is 51.0 Å². The third kappa shape index (κ3) is 5.27. The summed E-state index contributed by atoms with van der Waals surface area (Å²) in [6, 6.07) is 46.6. The van der Waals surface area contributed by atoms with Crippen molar-refractivity contribution in [3.05, 3.63) is 140 Å². The highest BCUT2D eigenvalue weighted by Gasteiger charge is 2.22. The van der Waals surface area contributed by atoms with Crippen LogP contribution in [-0.2, 0) is 0 Å². The zero-order valence-corrected chi connectivity index (χ0v) is 29.4. The molecule has 0 bridgehead atoms. The molecule has 55 heavy (non-hydrogen) atoms. The second-order valence-corrected chi connectivity index (χ2v) is 13.5. The van der Waals surface area contributed by atoms with E-state index in [1.807, 2.05) is 114 Å². The third-order valence-electron chi connectivity index (χ3n) is 10.4. The molecular weight excluding hydrogens is 667 g/mol. The molecule has 0 saturated carbocycles. The van der Waals surface area contributed by atoms with Crippen LogP contribution in [0.25, 0.3) is 94.7 Å². The molecular formula is C45H23B5N4O. The molecule has 0 amide bonds. The molecule has 0 fully saturated rings. The first-order chi connectivity index (χ1) is 26.9. The fraction of sp³-hybridized carbons (Fsp3) is 0. The summed E-state index contributed by atoms with van der Waals surface area (Å²) >= 11 is 0. The number of aromatic nitrogens is 4. The fourth-order valence-electron chi connectivity index (χ4n) is 7.62. The van der Waals surface area contributed by atoms with E-state index >= 15 is 0 Å². The number of hydrogen-bond donors (Lipinski definition) is 0. The van der Waals surface area contributed by atoms with Crippen LogP contribution < -0.4 is 27.3 Å². The first-order valence-corrected chi connectivity index (χ1v) is 17.7. The Morgan fingerprint density at radius 1 is 0.418 bits per heavy atom. The second-order valence-electron chi connectivity index (χ2n) is 13.5. The molecule has 10 heteroatoms. The lowest BCUT2D eigenvalue weighted by molar-refractivity contribution is 0.669. The lowest BCUT2D eigenvalue weighted by atomic mass is 9.59. The van der Waals surface area contributed by atoms with Crippen LogP contribution >= 0.6 is 0 Å². The zero-order valence-electron chi connectivity index (χ0n) is 29.4. The lowest BCUT2D eigenvalue weighted by Crippen LogP contribution is -2.55. The summed E-state index contributed by atoms with van der Waals surface area (Å²) in [5.74, 6) is 1.44. The van der Waals surface area contributed by atoms with E-state index in [2.05, 4.69) is 30.3 Å². The van der Waals surface area contributed by atoms with E-state index in [9.17, 15) is 0 Å². The smallest absolute Gasteiger partial charge is 0.238 e. The summed E-state index contributed by atoms with van der Waals surface area (Å²) in [7, 11) is 32.1. The Hall–Kier alpha value is -6.53. The number of rotatable bonds is 5. The van der Waals surface area contributed by atoms with Gasteiger partial charge >= 0.3 is 0 Å². The van der Waals surface area contributed by atoms with Crippen LogP contribution in [0.15, 0.2) is 144 Å². The Morgan fingerprint density at radius 3 is 1.78 bits per heavy atom. The maximum atomic E-state index is 6.62. The largest absolute Gasteiger partial charge is 0.456 e. The molecule has 10 rings (SSSR count). The molecule has 7 aromatic carbocycles. The maximum Gasteiger partial charge on any atom is 0.238 e. The lowest BCUT2D eigenvalue weighted by Gasteiger charge is -2.22. The molecule has 0 spiro atoms. The van der Waals surface area contributed by atoms with E-state index in [1.165, 1.54) is 0 Å². The molecule has 10 radical (unpaired) electrons. The van der Waals surface area contributed by atoms with Gasteiger partial charge in [-0.05, 0) is 58.7 Å². The highest BCUT2D eigenvalue weighted by Crippen LogP contribution is 2.38. The number of para-hydroxylation sites is 1. The predicted molar refractivity (Wildman–Crippen MR) is 230 cm³/mol. The minimum absolute atomic E-state index is 0.164. The van der Waals surface area contributed by atoms with Crippen LogP contribution in [0.4, 0.5) is 0 Å². The number of benzene rings is 7.